The number of ether oxygens (including phenoxy) is 1. The number of esters is 1. The molecule has 2 aliphatic carbocycles. The first-order chi connectivity index (χ1) is 8.20. The molecule has 0 spiro atoms. The van der Waals surface area contributed by atoms with E-state index in [4.69, 9.17) is 4.74 Å². The van der Waals surface area contributed by atoms with Gasteiger partial charge in [0.25, 0.3) is 0 Å². The largest absolute Gasteiger partial charge is 0.461 e. The highest BCUT2D eigenvalue weighted by Gasteiger charge is 2.24. The molecule has 1 fully saturated rings. The molecule has 0 bridgehead atoms. The third-order valence-corrected chi connectivity index (χ3v) is 4.52. The highest BCUT2D eigenvalue weighted by atomic mass is 127. The summed E-state index contributed by atoms with van der Waals surface area (Å²) in [5.41, 5.74) is 0. The topological polar surface area (TPSA) is 26.3 Å². The summed E-state index contributed by atoms with van der Waals surface area (Å²) in [6.45, 7) is 1.48. The van der Waals surface area contributed by atoms with Crippen LogP contribution in [-0.2, 0) is 9.53 Å². The molecule has 17 heavy (non-hydrogen) atoms. The van der Waals surface area contributed by atoms with Crippen molar-refractivity contribution in [3.05, 3.63) is 12.2 Å². The number of hydrogen-bond acceptors (Lipinski definition) is 2. The average molecular weight is 350 g/mol. The van der Waals surface area contributed by atoms with Crippen molar-refractivity contribution in [2.75, 3.05) is 0 Å². The molecule has 0 aromatic heterocycles. The van der Waals surface area contributed by atoms with Crippen LogP contribution < -0.4 is 0 Å². The van der Waals surface area contributed by atoms with Crippen LogP contribution in [0.25, 0.3) is 0 Å². The van der Waals surface area contributed by atoms with Gasteiger partial charge in [-0.05, 0) is 44.9 Å². The molecule has 0 aliphatic heterocycles. The second-order valence-corrected chi connectivity index (χ2v) is 6.30. The van der Waals surface area contributed by atoms with E-state index >= 15 is 0 Å². The standard InChI is InChI=1S/C8H13IO2.C6H10/c1-6(10)11-8-5-3-2-4-7(8)9;1-2-4-6-5-3-1/h7-8H,2-5H2,1H3;1-2H,3-6H2/t7-,8-;/m1./s1. The Morgan fingerprint density at radius 2 is 1.71 bits per heavy atom. The molecule has 0 saturated heterocycles. The molecule has 0 unspecified atom stereocenters. The van der Waals surface area contributed by atoms with Crippen LogP contribution in [0.3, 0.4) is 0 Å². The van der Waals surface area contributed by atoms with E-state index in [2.05, 4.69) is 34.7 Å². The SMILES string of the molecule is C1=CCCCC1.CC(=O)O[C@@H]1CCCC[C@H]1I. The van der Waals surface area contributed by atoms with Gasteiger partial charge in [-0.3, -0.25) is 4.79 Å². The Balaban J connectivity index is 0.000000202. The minimum atomic E-state index is -0.140. The van der Waals surface area contributed by atoms with Gasteiger partial charge in [0.2, 0.25) is 0 Å². The highest BCUT2D eigenvalue weighted by Crippen LogP contribution is 2.27. The molecule has 0 N–H and O–H groups in total. The van der Waals surface area contributed by atoms with E-state index in [9.17, 15) is 4.79 Å². The fourth-order valence-electron chi connectivity index (χ4n) is 2.16. The summed E-state index contributed by atoms with van der Waals surface area (Å²) in [5.74, 6) is -0.140. The maximum Gasteiger partial charge on any atom is 0.302 e. The number of carbonyl (C=O) groups excluding carboxylic acids is 1. The van der Waals surface area contributed by atoms with Crippen molar-refractivity contribution in [2.24, 2.45) is 0 Å². The van der Waals surface area contributed by atoms with Crippen LogP contribution >= 0.6 is 22.6 Å². The smallest absolute Gasteiger partial charge is 0.302 e. The van der Waals surface area contributed by atoms with E-state index in [-0.39, 0.29) is 12.1 Å². The van der Waals surface area contributed by atoms with E-state index in [1.807, 2.05) is 0 Å². The van der Waals surface area contributed by atoms with E-state index in [1.54, 1.807) is 0 Å². The fraction of sp³-hybridized carbons (Fsp3) is 0.786. The summed E-state index contributed by atoms with van der Waals surface area (Å²) in [5, 5.41) is 0. The van der Waals surface area contributed by atoms with Gasteiger partial charge < -0.3 is 4.74 Å². The molecule has 2 aliphatic rings. The first-order valence-corrected chi connectivity index (χ1v) is 7.91. The van der Waals surface area contributed by atoms with Gasteiger partial charge in [-0.2, -0.15) is 0 Å². The van der Waals surface area contributed by atoms with Gasteiger partial charge in [0.1, 0.15) is 6.10 Å². The van der Waals surface area contributed by atoms with E-state index in [1.165, 1.54) is 51.9 Å². The molecule has 0 amide bonds. The van der Waals surface area contributed by atoms with Crippen LogP contribution in [0.15, 0.2) is 12.2 Å². The summed E-state index contributed by atoms with van der Waals surface area (Å²) in [7, 11) is 0. The molecular weight excluding hydrogens is 327 g/mol. The number of carbonyl (C=O) groups is 1. The van der Waals surface area contributed by atoms with Gasteiger partial charge in [0.05, 0.1) is 0 Å². The van der Waals surface area contributed by atoms with Crippen molar-refractivity contribution < 1.29 is 9.53 Å². The molecule has 2 rings (SSSR count). The van der Waals surface area contributed by atoms with Gasteiger partial charge in [-0.15, -0.1) is 0 Å². The maximum absolute atomic E-state index is 10.6. The summed E-state index contributed by atoms with van der Waals surface area (Å²) in [6, 6.07) is 0. The van der Waals surface area contributed by atoms with Gasteiger partial charge in [-0.1, -0.05) is 41.2 Å². The number of halogens is 1. The van der Waals surface area contributed by atoms with Gasteiger partial charge in [-0.25, -0.2) is 0 Å². The monoisotopic (exact) mass is 350 g/mol. The Morgan fingerprint density at radius 3 is 2.12 bits per heavy atom. The van der Waals surface area contributed by atoms with Crippen molar-refractivity contribution in [3.63, 3.8) is 0 Å². The molecule has 98 valence electrons. The highest BCUT2D eigenvalue weighted by molar-refractivity contribution is 14.1. The van der Waals surface area contributed by atoms with Crippen molar-refractivity contribution in [2.45, 2.75) is 68.3 Å². The Hall–Kier alpha value is -0.0600. The molecule has 0 aromatic carbocycles. The van der Waals surface area contributed by atoms with Crippen LogP contribution in [0.5, 0.6) is 0 Å². The Bertz CT molecular complexity index is 243. The van der Waals surface area contributed by atoms with Crippen LogP contribution in [0.2, 0.25) is 0 Å². The fourth-order valence-corrected chi connectivity index (χ4v) is 3.10. The van der Waals surface area contributed by atoms with Gasteiger partial charge >= 0.3 is 5.97 Å². The quantitative estimate of drug-likeness (QED) is 0.303. The normalized spacial score (nSPS) is 27.9. The minimum absolute atomic E-state index is 0.140. The van der Waals surface area contributed by atoms with Crippen molar-refractivity contribution in [1.29, 1.82) is 0 Å². The lowest BCUT2D eigenvalue weighted by molar-refractivity contribution is -0.147. The lowest BCUT2D eigenvalue weighted by Gasteiger charge is -2.26. The van der Waals surface area contributed by atoms with E-state index in [0.717, 1.165) is 6.42 Å². The van der Waals surface area contributed by atoms with E-state index in [0.29, 0.717) is 3.92 Å². The summed E-state index contributed by atoms with van der Waals surface area (Å²) < 4.78 is 5.69. The molecule has 2 atom stereocenters. The number of rotatable bonds is 1. The molecule has 0 radical (unpaired) electrons. The average Bonchev–Trinajstić information content (AvgIpc) is 2.35. The number of allylic oxidation sites excluding steroid dienone is 2. The van der Waals surface area contributed by atoms with Gasteiger partial charge in [0.15, 0.2) is 0 Å². The maximum atomic E-state index is 10.6. The van der Waals surface area contributed by atoms with E-state index < -0.39 is 0 Å². The van der Waals surface area contributed by atoms with Crippen molar-refractivity contribution in [3.8, 4) is 0 Å². The minimum Gasteiger partial charge on any atom is -0.461 e. The lowest BCUT2D eigenvalue weighted by atomic mass is 9.98. The van der Waals surface area contributed by atoms with Crippen molar-refractivity contribution in [1.82, 2.24) is 0 Å². The third-order valence-electron chi connectivity index (χ3n) is 3.10. The molecule has 3 heteroatoms. The molecule has 2 nitrogen and oxygen atoms in total. The van der Waals surface area contributed by atoms with Crippen LogP contribution in [0.1, 0.15) is 58.3 Å². The first-order valence-electron chi connectivity index (χ1n) is 6.66. The molecule has 1 saturated carbocycles. The third kappa shape index (κ3) is 7.06. The molecule has 0 aromatic rings. The zero-order chi connectivity index (χ0) is 12.5. The Kier molecular flexibility index (Phi) is 7.90. The predicted octanol–water partition coefficient (Wildman–Crippen LogP) is 4.41. The van der Waals surface area contributed by atoms with Crippen LogP contribution in [0.4, 0.5) is 0 Å². The van der Waals surface area contributed by atoms with Crippen LogP contribution in [-0.4, -0.2) is 16.0 Å². The number of alkyl halides is 1. The second kappa shape index (κ2) is 8.95. The Labute approximate surface area is 118 Å². The van der Waals surface area contributed by atoms with Crippen molar-refractivity contribution >= 4 is 28.6 Å². The van der Waals surface area contributed by atoms with Crippen LogP contribution in [0, 0.1) is 0 Å². The zero-order valence-electron chi connectivity index (χ0n) is 10.7. The summed E-state index contributed by atoms with van der Waals surface area (Å²) in [4.78, 5) is 10.6. The molecule has 0 heterocycles. The number of hydrogen-bond donors (Lipinski definition) is 0. The van der Waals surface area contributed by atoms with Gasteiger partial charge in [0, 0.05) is 10.8 Å². The predicted molar refractivity (Wildman–Crippen MR) is 79.4 cm³/mol. The molecular formula is C14H23IO2. The second-order valence-electron chi connectivity index (χ2n) is 4.70. The first kappa shape index (κ1) is 15.0. The summed E-state index contributed by atoms with van der Waals surface area (Å²) >= 11 is 2.37. The lowest BCUT2D eigenvalue weighted by Crippen LogP contribution is -2.29. The summed E-state index contributed by atoms with van der Waals surface area (Å²) in [6.07, 6.45) is 14.9. The zero-order valence-corrected chi connectivity index (χ0v) is 12.8. The Morgan fingerprint density at radius 1 is 1.12 bits per heavy atom.